The van der Waals surface area contributed by atoms with Crippen molar-refractivity contribution in [3.8, 4) is 0 Å². The number of anilines is 1. The number of aromatic carboxylic acids is 1. The molecule has 1 aromatic carbocycles. The second-order valence-electron chi connectivity index (χ2n) is 3.77. The molecule has 0 saturated heterocycles. The van der Waals surface area contributed by atoms with E-state index in [0.29, 0.717) is 11.5 Å². The molecule has 0 aliphatic heterocycles. The normalized spacial score (nSPS) is 10.4. The molecule has 1 aromatic rings. The minimum absolute atomic E-state index is 0.328. The molecule has 2 N–H and O–H groups in total. The molecule has 3 nitrogen and oxygen atoms in total. The average molecular weight is 319 g/mol. The standard InChI is InChI=1S/C11H14INO2/c1-7(2)6-13-10-4-3-8(11(14)15)5-9(10)12/h3-5,7,13H,6H2,1-2H3,(H,14,15). The van der Waals surface area contributed by atoms with Crippen LogP contribution in [0.15, 0.2) is 18.2 Å². The van der Waals surface area contributed by atoms with Gasteiger partial charge in [0.25, 0.3) is 0 Å². The summed E-state index contributed by atoms with van der Waals surface area (Å²) in [5.41, 5.74) is 1.32. The van der Waals surface area contributed by atoms with Gasteiger partial charge in [-0.3, -0.25) is 0 Å². The first-order valence-corrected chi connectivity index (χ1v) is 5.85. The van der Waals surface area contributed by atoms with Crippen molar-refractivity contribution in [3.05, 3.63) is 27.3 Å². The largest absolute Gasteiger partial charge is 0.478 e. The van der Waals surface area contributed by atoms with E-state index in [1.165, 1.54) is 0 Å². The van der Waals surface area contributed by atoms with Gasteiger partial charge in [0.15, 0.2) is 0 Å². The number of nitrogens with one attached hydrogen (secondary N) is 1. The smallest absolute Gasteiger partial charge is 0.335 e. The summed E-state index contributed by atoms with van der Waals surface area (Å²) in [6.45, 7) is 5.15. The number of halogens is 1. The van der Waals surface area contributed by atoms with Gasteiger partial charge < -0.3 is 10.4 Å². The summed E-state index contributed by atoms with van der Waals surface area (Å²) in [7, 11) is 0. The first-order valence-electron chi connectivity index (χ1n) is 4.77. The van der Waals surface area contributed by atoms with Crippen molar-refractivity contribution in [3.63, 3.8) is 0 Å². The second-order valence-corrected chi connectivity index (χ2v) is 4.94. The highest BCUT2D eigenvalue weighted by molar-refractivity contribution is 14.1. The summed E-state index contributed by atoms with van der Waals surface area (Å²) >= 11 is 2.14. The minimum Gasteiger partial charge on any atom is -0.478 e. The molecular weight excluding hydrogens is 305 g/mol. The lowest BCUT2D eigenvalue weighted by Gasteiger charge is -2.11. The molecule has 0 aromatic heterocycles. The van der Waals surface area contributed by atoms with Gasteiger partial charge in [-0.2, -0.15) is 0 Å². The molecule has 0 fully saturated rings. The highest BCUT2D eigenvalue weighted by Gasteiger charge is 2.06. The predicted molar refractivity (Wildman–Crippen MR) is 69.4 cm³/mol. The van der Waals surface area contributed by atoms with Gasteiger partial charge in [0, 0.05) is 15.8 Å². The van der Waals surface area contributed by atoms with Gasteiger partial charge in [0.2, 0.25) is 0 Å². The molecule has 0 aliphatic rings. The number of carboxylic acid groups (broad SMARTS) is 1. The third-order valence-electron chi connectivity index (χ3n) is 1.92. The van der Waals surface area contributed by atoms with Crippen LogP contribution in [0, 0.1) is 9.49 Å². The number of hydrogen-bond donors (Lipinski definition) is 2. The molecule has 4 heteroatoms. The molecule has 0 bridgehead atoms. The van der Waals surface area contributed by atoms with Gasteiger partial charge in [-0.25, -0.2) is 4.79 Å². The Morgan fingerprint density at radius 1 is 1.53 bits per heavy atom. The van der Waals surface area contributed by atoms with E-state index in [9.17, 15) is 4.79 Å². The Balaban J connectivity index is 2.79. The zero-order valence-electron chi connectivity index (χ0n) is 8.75. The molecule has 0 unspecified atom stereocenters. The van der Waals surface area contributed by atoms with Gasteiger partial charge in [0.05, 0.1) is 5.56 Å². The Kier molecular flexibility index (Phi) is 4.38. The van der Waals surface area contributed by atoms with E-state index in [0.717, 1.165) is 15.8 Å². The fraction of sp³-hybridized carbons (Fsp3) is 0.364. The maximum absolute atomic E-state index is 10.7. The number of benzene rings is 1. The third kappa shape index (κ3) is 3.70. The summed E-state index contributed by atoms with van der Waals surface area (Å²) < 4.78 is 0.938. The lowest BCUT2D eigenvalue weighted by molar-refractivity contribution is 0.0697. The van der Waals surface area contributed by atoms with E-state index in [2.05, 4.69) is 41.8 Å². The molecule has 0 radical (unpaired) electrons. The van der Waals surface area contributed by atoms with Crippen LogP contribution in [0.25, 0.3) is 0 Å². The van der Waals surface area contributed by atoms with Gasteiger partial charge in [-0.1, -0.05) is 13.8 Å². The van der Waals surface area contributed by atoms with Gasteiger partial charge >= 0.3 is 5.97 Å². The van der Waals surface area contributed by atoms with Crippen LogP contribution in [0.3, 0.4) is 0 Å². The van der Waals surface area contributed by atoms with E-state index >= 15 is 0 Å². The van der Waals surface area contributed by atoms with Crippen LogP contribution >= 0.6 is 22.6 Å². The lowest BCUT2D eigenvalue weighted by atomic mass is 10.2. The van der Waals surface area contributed by atoms with E-state index in [-0.39, 0.29) is 0 Å². The third-order valence-corrected chi connectivity index (χ3v) is 2.81. The Hall–Kier alpha value is -0.780. The minimum atomic E-state index is -0.886. The average Bonchev–Trinajstić information content (AvgIpc) is 2.15. The summed E-state index contributed by atoms with van der Waals surface area (Å²) in [5.74, 6) is -0.316. The SMILES string of the molecule is CC(C)CNc1ccc(C(=O)O)cc1I. The fourth-order valence-corrected chi connectivity index (χ4v) is 1.81. The van der Waals surface area contributed by atoms with Crippen LogP contribution in [0.4, 0.5) is 5.69 Å². The zero-order valence-corrected chi connectivity index (χ0v) is 10.9. The number of rotatable bonds is 4. The first-order chi connectivity index (χ1) is 7.00. The molecule has 0 spiro atoms. The number of carbonyl (C=O) groups is 1. The van der Waals surface area contributed by atoms with Crippen molar-refractivity contribution in [2.45, 2.75) is 13.8 Å². The Bertz CT molecular complexity index is 364. The van der Waals surface area contributed by atoms with E-state index in [1.807, 2.05) is 6.07 Å². The van der Waals surface area contributed by atoms with Gasteiger partial charge in [-0.15, -0.1) is 0 Å². The van der Waals surface area contributed by atoms with Crippen molar-refractivity contribution in [2.75, 3.05) is 11.9 Å². The molecular formula is C11H14INO2. The predicted octanol–water partition coefficient (Wildman–Crippen LogP) is 3.06. The highest BCUT2D eigenvalue weighted by Crippen LogP contribution is 2.20. The van der Waals surface area contributed by atoms with Gasteiger partial charge in [0.1, 0.15) is 0 Å². The van der Waals surface area contributed by atoms with Crippen molar-refractivity contribution in [2.24, 2.45) is 5.92 Å². The van der Waals surface area contributed by atoms with Crippen molar-refractivity contribution >= 4 is 34.2 Å². The number of carboxylic acids is 1. The van der Waals surface area contributed by atoms with E-state index in [1.54, 1.807) is 12.1 Å². The molecule has 0 heterocycles. The molecule has 15 heavy (non-hydrogen) atoms. The van der Waals surface area contributed by atoms with Crippen molar-refractivity contribution in [1.29, 1.82) is 0 Å². The van der Waals surface area contributed by atoms with Crippen LogP contribution < -0.4 is 5.32 Å². The summed E-state index contributed by atoms with van der Waals surface area (Å²) in [6, 6.07) is 5.10. The zero-order chi connectivity index (χ0) is 11.4. The van der Waals surface area contributed by atoms with Crippen molar-refractivity contribution < 1.29 is 9.90 Å². The molecule has 0 atom stereocenters. The maximum atomic E-state index is 10.7. The summed E-state index contributed by atoms with van der Waals surface area (Å²) in [4.78, 5) is 10.7. The quantitative estimate of drug-likeness (QED) is 0.839. The highest BCUT2D eigenvalue weighted by atomic mass is 127. The molecule has 0 aliphatic carbocycles. The molecule has 0 saturated carbocycles. The Morgan fingerprint density at radius 3 is 2.67 bits per heavy atom. The molecule has 82 valence electrons. The molecule has 1 rings (SSSR count). The first kappa shape index (κ1) is 12.3. The number of hydrogen-bond acceptors (Lipinski definition) is 2. The lowest BCUT2D eigenvalue weighted by Crippen LogP contribution is -2.09. The molecule has 0 amide bonds. The Labute approximate surface area is 103 Å². The monoisotopic (exact) mass is 319 g/mol. The second kappa shape index (κ2) is 5.34. The van der Waals surface area contributed by atoms with Crippen LogP contribution in [0.5, 0.6) is 0 Å². The summed E-state index contributed by atoms with van der Waals surface area (Å²) in [6.07, 6.45) is 0. The summed E-state index contributed by atoms with van der Waals surface area (Å²) in [5, 5.41) is 12.1. The van der Waals surface area contributed by atoms with Crippen LogP contribution in [-0.2, 0) is 0 Å². The fourth-order valence-electron chi connectivity index (χ4n) is 1.11. The van der Waals surface area contributed by atoms with Gasteiger partial charge in [-0.05, 0) is 46.7 Å². The Morgan fingerprint density at radius 2 is 2.20 bits per heavy atom. The van der Waals surface area contributed by atoms with Crippen LogP contribution in [-0.4, -0.2) is 17.6 Å². The van der Waals surface area contributed by atoms with Crippen LogP contribution in [0.1, 0.15) is 24.2 Å². The van der Waals surface area contributed by atoms with Crippen LogP contribution in [0.2, 0.25) is 0 Å². The van der Waals surface area contributed by atoms with E-state index < -0.39 is 5.97 Å². The topological polar surface area (TPSA) is 49.3 Å². The van der Waals surface area contributed by atoms with E-state index in [4.69, 9.17) is 5.11 Å². The van der Waals surface area contributed by atoms with Crippen molar-refractivity contribution in [1.82, 2.24) is 0 Å². The maximum Gasteiger partial charge on any atom is 0.335 e.